The van der Waals surface area contributed by atoms with E-state index in [4.69, 9.17) is 4.74 Å². The molecule has 1 saturated carbocycles. The third kappa shape index (κ3) is 3.37. The number of hydrogen-bond donors (Lipinski definition) is 1. The number of hydrogen-bond acceptors (Lipinski definition) is 5. The number of aliphatic hydroxyl groups is 1. The van der Waals surface area contributed by atoms with Crippen LogP contribution >= 0.6 is 0 Å². The van der Waals surface area contributed by atoms with Gasteiger partial charge in [0.2, 0.25) is 5.79 Å². The molecule has 194 valence electrons. The van der Waals surface area contributed by atoms with Gasteiger partial charge in [0, 0.05) is 12.3 Å². The summed E-state index contributed by atoms with van der Waals surface area (Å²) in [5, 5.41) is 12.6. The van der Waals surface area contributed by atoms with Crippen molar-refractivity contribution in [2.45, 2.75) is 106 Å². The molecule has 3 aliphatic rings. The molecule has 5 unspecified atom stereocenters. The van der Waals surface area contributed by atoms with E-state index in [1.807, 2.05) is 67.5 Å². The molecule has 5 atom stereocenters. The van der Waals surface area contributed by atoms with Gasteiger partial charge >= 0.3 is 0 Å². The van der Waals surface area contributed by atoms with Gasteiger partial charge in [-0.05, 0) is 72.1 Å². The molecule has 0 aromatic carbocycles. The largest absolute Gasteiger partial charge is 0.363 e. The molecular formula is C30H44O5. The van der Waals surface area contributed by atoms with E-state index < -0.39 is 39.3 Å². The first-order chi connectivity index (χ1) is 16.0. The Bertz CT molecular complexity index is 1030. The standard InChI is InChI=1S/C30H44O5/c1-18(2)11-12-22-17-27(15-13-19(3)4)24(32)28(16-14-20(5)6)25(33)29(26(22,9)10,23(31)21(7)8)30(27,34)35-28/h11,13-14,21-22,34H,12,15-17H2,1-10H3. The van der Waals surface area contributed by atoms with E-state index in [0.717, 1.165) is 16.7 Å². The SMILES string of the molecule is CC(C)=CCC1CC2(CC=C(C)C)C(=O)C3(CC=C(C)C)OC2(O)C(C(=O)C(C)C)(C3=O)C1(C)C. The van der Waals surface area contributed by atoms with E-state index in [9.17, 15) is 19.5 Å². The van der Waals surface area contributed by atoms with Gasteiger partial charge in [-0.1, -0.05) is 62.6 Å². The molecule has 2 saturated heterocycles. The molecule has 2 heterocycles. The minimum atomic E-state index is -2.19. The molecular weight excluding hydrogens is 440 g/mol. The fraction of sp³-hybridized carbons (Fsp3) is 0.700. The van der Waals surface area contributed by atoms with Crippen LogP contribution in [0.15, 0.2) is 34.9 Å². The molecule has 5 heteroatoms. The molecule has 3 rings (SSSR count). The molecule has 0 aromatic rings. The van der Waals surface area contributed by atoms with Gasteiger partial charge in [-0.3, -0.25) is 14.4 Å². The Morgan fingerprint density at radius 2 is 1.46 bits per heavy atom. The highest BCUT2D eigenvalue weighted by molar-refractivity contribution is 6.28. The number of Topliss-reactive ketones (excluding diaryl/α,β-unsaturated/α-hetero) is 3. The van der Waals surface area contributed by atoms with Crippen LogP contribution in [0.1, 0.15) is 94.9 Å². The smallest absolute Gasteiger partial charge is 0.201 e. The maximum absolute atomic E-state index is 14.6. The first kappa shape index (κ1) is 27.7. The van der Waals surface area contributed by atoms with Gasteiger partial charge in [0.1, 0.15) is 0 Å². The number of ketones is 3. The minimum absolute atomic E-state index is 0.0354. The highest BCUT2D eigenvalue weighted by atomic mass is 16.7. The van der Waals surface area contributed by atoms with E-state index >= 15 is 0 Å². The summed E-state index contributed by atoms with van der Waals surface area (Å²) < 4.78 is 6.36. The quantitative estimate of drug-likeness (QED) is 0.342. The van der Waals surface area contributed by atoms with Crippen LogP contribution in [-0.4, -0.2) is 33.8 Å². The summed E-state index contributed by atoms with van der Waals surface area (Å²) >= 11 is 0. The Labute approximate surface area is 211 Å². The van der Waals surface area contributed by atoms with Gasteiger partial charge in [0.05, 0.1) is 5.41 Å². The van der Waals surface area contributed by atoms with Crippen LogP contribution in [0.4, 0.5) is 0 Å². The summed E-state index contributed by atoms with van der Waals surface area (Å²) in [6.07, 6.45) is 7.13. The third-order valence-corrected chi connectivity index (χ3v) is 8.93. The van der Waals surface area contributed by atoms with Crippen molar-refractivity contribution in [2.75, 3.05) is 0 Å². The summed E-state index contributed by atoms with van der Waals surface area (Å²) in [5.41, 5.74) is -2.87. The van der Waals surface area contributed by atoms with Crippen molar-refractivity contribution < 1.29 is 24.2 Å². The first-order valence-electron chi connectivity index (χ1n) is 12.9. The van der Waals surface area contributed by atoms with E-state index in [1.165, 1.54) is 0 Å². The van der Waals surface area contributed by atoms with Gasteiger partial charge in [0.25, 0.3) is 0 Å². The number of carbonyl (C=O) groups excluding carboxylic acids is 3. The molecule has 0 spiro atoms. The first-order valence-corrected chi connectivity index (χ1v) is 12.9. The molecule has 3 fully saturated rings. The lowest BCUT2D eigenvalue weighted by Gasteiger charge is -2.63. The molecule has 1 aliphatic carbocycles. The Morgan fingerprint density at radius 1 is 0.943 bits per heavy atom. The zero-order chi connectivity index (χ0) is 26.8. The van der Waals surface area contributed by atoms with Crippen LogP contribution in [0.5, 0.6) is 0 Å². The van der Waals surface area contributed by atoms with Crippen molar-refractivity contribution in [3.05, 3.63) is 34.9 Å². The lowest BCUT2D eigenvalue weighted by atomic mass is 9.36. The molecule has 0 radical (unpaired) electrons. The molecule has 2 aliphatic heterocycles. The van der Waals surface area contributed by atoms with Crippen LogP contribution in [0.2, 0.25) is 0 Å². The van der Waals surface area contributed by atoms with E-state index in [0.29, 0.717) is 12.8 Å². The number of carbonyl (C=O) groups is 3. The molecule has 1 N–H and O–H groups in total. The summed E-state index contributed by atoms with van der Waals surface area (Å²) in [7, 11) is 0. The Balaban J connectivity index is 2.43. The fourth-order valence-electron chi connectivity index (χ4n) is 6.97. The maximum Gasteiger partial charge on any atom is 0.201 e. The van der Waals surface area contributed by atoms with Crippen LogP contribution in [0.25, 0.3) is 0 Å². The van der Waals surface area contributed by atoms with Gasteiger partial charge < -0.3 is 9.84 Å². The van der Waals surface area contributed by atoms with E-state index in [2.05, 4.69) is 6.08 Å². The van der Waals surface area contributed by atoms with Crippen LogP contribution in [0, 0.1) is 28.1 Å². The number of allylic oxidation sites excluding steroid dienone is 5. The van der Waals surface area contributed by atoms with Gasteiger partial charge in [-0.2, -0.15) is 0 Å². The fourth-order valence-corrected chi connectivity index (χ4v) is 6.97. The molecule has 2 bridgehead atoms. The van der Waals surface area contributed by atoms with E-state index in [-0.39, 0.29) is 30.3 Å². The second-order valence-corrected chi connectivity index (χ2v) is 12.7. The van der Waals surface area contributed by atoms with Crippen LogP contribution in [0.3, 0.4) is 0 Å². The molecule has 35 heavy (non-hydrogen) atoms. The molecule has 0 amide bonds. The Kier molecular flexibility index (Phi) is 6.83. The number of rotatable bonds is 8. The van der Waals surface area contributed by atoms with Crippen molar-refractivity contribution in [1.29, 1.82) is 0 Å². The van der Waals surface area contributed by atoms with Crippen molar-refractivity contribution in [1.82, 2.24) is 0 Å². The summed E-state index contributed by atoms with van der Waals surface area (Å²) in [4.78, 5) is 43.2. The molecule has 5 nitrogen and oxygen atoms in total. The van der Waals surface area contributed by atoms with Crippen molar-refractivity contribution in [2.24, 2.45) is 28.1 Å². The second kappa shape index (κ2) is 8.62. The lowest BCUT2D eigenvalue weighted by Crippen LogP contribution is -2.78. The monoisotopic (exact) mass is 484 g/mol. The number of ether oxygens (including phenoxy) is 1. The summed E-state index contributed by atoms with van der Waals surface area (Å²) in [6, 6.07) is 0. The van der Waals surface area contributed by atoms with Crippen LogP contribution < -0.4 is 0 Å². The minimum Gasteiger partial charge on any atom is -0.363 e. The predicted molar refractivity (Wildman–Crippen MR) is 138 cm³/mol. The average molecular weight is 485 g/mol. The Hall–Kier alpha value is -1.85. The van der Waals surface area contributed by atoms with Gasteiger partial charge in [0.15, 0.2) is 28.4 Å². The molecule has 0 aromatic heterocycles. The highest BCUT2D eigenvalue weighted by Gasteiger charge is 2.94. The topological polar surface area (TPSA) is 80.7 Å². The second-order valence-electron chi connectivity index (χ2n) is 12.7. The van der Waals surface area contributed by atoms with E-state index in [1.54, 1.807) is 13.8 Å². The summed E-state index contributed by atoms with van der Waals surface area (Å²) in [6.45, 7) is 19.1. The maximum atomic E-state index is 14.6. The van der Waals surface area contributed by atoms with Gasteiger partial charge in [-0.15, -0.1) is 0 Å². The van der Waals surface area contributed by atoms with Crippen molar-refractivity contribution in [3.63, 3.8) is 0 Å². The van der Waals surface area contributed by atoms with Crippen molar-refractivity contribution in [3.8, 4) is 0 Å². The predicted octanol–water partition coefficient (Wildman–Crippen LogP) is 5.91. The Morgan fingerprint density at radius 3 is 1.94 bits per heavy atom. The average Bonchev–Trinajstić information content (AvgIpc) is 3.07. The zero-order valence-electron chi connectivity index (χ0n) is 23.3. The summed E-state index contributed by atoms with van der Waals surface area (Å²) in [5.74, 6) is -4.11. The van der Waals surface area contributed by atoms with Crippen LogP contribution in [-0.2, 0) is 19.1 Å². The zero-order valence-corrected chi connectivity index (χ0v) is 23.3. The number of fused-ring (bicyclic) bond motifs is 1. The van der Waals surface area contributed by atoms with Crippen molar-refractivity contribution >= 4 is 17.3 Å². The highest BCUT2D eigenvalue weighted by Crippen LogP contribution is 2.77. The normalized spacial score (nSPS) is 36.9. The lowest BCUT2D eigenvalue weighted by molar-refractivity contribution is -0.314. The van der Waals surface area contributed by atoms with Gasteiger partial charge in [-0.25, -0.2) is 0 Å². The third-order valence-electron chi connectivity index (χ3n) is 8.93.